The molecule has 1 heterocycles. The lowest BCUT2D eigenvalue weighted by atomic mass is 10.1. The van der Waals surface area contributed by atoms with Crippen molar-refractivity contribution in [1.29, 1.82) is 0 Å². The summed E-state index contributed by atoms with van der Waals surface area (Å²) in [5, 5.41) is 3.10. The second kappa shape index (κ2) is 5.89. The van der Waals surface area contributed by atoms with Crippen LogP contribution in [0.5, 0.6) is 0 Å². The van der Waals surface area contributed by atoms with Gasteiger partial charge in [-0.25, -0.2) is 0 Å². The number of aryl methyl sites for hydroxylation is 1. The van der Waals surface area contributed by atoms with Crippen molar-refractivity contribution >= 4 is 5.91 Å². The summed E-state index contributed by atoms with van der Waals surface area (Å²) < 4.78 is 5.28. The first-order chi connectivity index (χ1) is 8.25. The predicted octanol–water partition coefficient (Wildman–Crippen LogP) is 2.91. The van der Waals surface area contributed by atoms with Gasteiger partial charge in [-0.15, -0.1) is 0 Å². The molecule has 3 heteroatoms. The van der Waals surface area contributed by atoms with Gasteiger partial charge in [0.25, 0.3) is 0 Å². The molecule has 1 amide bonds. The zero-order valence-electron chi connectivity index (χ0n) is 10.4. The Labute approximate surface area is 103 Å². The number of furan rings is 1. The van der Waals surface area contributed by atoms with Crippen molar-refractivity contribution in [2.75, 3.05) is 0 Å². The third-order valence-corrected chi connectivity index (χ3v) is 3.52. The molecule has 1 atom stereocenters. The van der Waals surface area contributed by atoms with Crippen LogP contribution in [0, 0.1) is 5.92 Å². The van der Waals surface area contributed by atoms with Gasteiger partial charge in [-0.1, -0.05) is 12.8 Å². The van der Waals surface area contributed by atoms with E-state index in [-0.39, 0.29) is 17.9 Å². The maximum Gasteiger partial charge on any atom is 0.223 e. The highest BCUT2D eigenvalue weighted by Gasteiger charge is 2.23. The van der Waals surface area contributed by atoms with Crippen LogP contribution in [0.15, 0.2) is 22.8 Å². The topological polar surface area (TPSA) is 42.2 Å². The van der Waals surface area contributed by atoms with Gasteiger partial charge in [0, 0.05) is 18.4 Å². The smallest absolute Gasteiger partial charge is 0.223 e. The summed E-state index contributed by atoms with van der Waals surface area (Å²) >= 11 is 0. The van der Waals surface area contributed by atoms with E-state index < -0.39 is 0 Å². The summed E-state index contributed by atoms with van der Waals surface area (Å²) in [4.78, 5) is 11.9. The Balaban J connectivity index is 1.69. The normalized spacial score (nSPS) is 18.2. The lowest BCUT2D eigenvalue weighted by molar-refractivity contribution is -0.125. The minimum Gasteiger partial charge on any atom is -0.469 e. The van der Waals surface area contributed by atoms with Crippen LogP contribution in [0.3, 0.4) is 0 Å². The Morgan fingerprint density at radius 3 is 2.94 bits per heavy atom. The fraction of sp³-hybridized carbons (Fsp3) is 0.643. The van der Waals surface area contributed by atoms with Crippen LogP contribution in [0.1, 0.15) is 44.8 Å². The summed E-state index contributed by atoms with van der Waals surface area (Å²) in [5.74, 6) is 1.50. The third-order valence-electron chi connectivity index (χ3n) is 3.52. The van der Waals surface area contributed by atoms with E-state index in [0.29, 0.717) is 0 Å². The second-order valence-electron chi connectivity index (χ2n) is 5.01. The van der Waals surface area contributed by atoms with Crippen LogP contribution in [-0.2, 0) is 11.2 Å². The average molecular weight is 235 g/mol. The quantitative estimate of drug-likeness (QED) is 0.852. The van der Waals surface area contributed by atoms with Crippen LogP contribution >= 0.6 is 0 Å². The van der Waals surface area contributed by atoms with Crippen molar-refractivity contribution < 1.29 is 9.21 Å². The zero-order chi connectivity index (χ0) is 12.1. The molecule has 0 aliphatic heterocycles. The van der Waals surface area contributed by atoms with Crippen molar-refractivity contribution in [2.45, 2.75) is 51.5 Å². The molecule has 94 valence electrons. The second-order valence-corrected chi connectivity index (χ2v) is 5.01. The molecule has 1 saturated carbocycles. The van der Waals surface area contributed by atoms with Gasteiger partial charge < -0.3 is 9.73 Å². The van der Waals surface area contributed by atoms with Gasteiger partial charge in [0.1, 0.15) is 5.76 Å². The monoisotopic (exact) mass is 235 g/mol. The Kier molecular flexibility index (Phi) is 4.24. The van der Waals surface area contributed by atoms with Crippen molar-refractivity contribution in [3.8, 4) is 0 Å². The van der Waals surface area contributed by atoms with Gasteiger partial charge in [0.15, 0.2) is 0 Å². The number of carbonyl (C=O) groups excluding carboxylic acids is 1. The Morgan fingerprint density at radius 1 is 1.53 bits per heavy atom. The number of hydrogen-bond donors (Lipinski definition) is 1. The fourth-order valence-electron chi connectivity index (χ4n) is 2.43. The largest absolute Gasteiger partial charge is 0.469 e. The van der Waals surface area contributed by atoms with Gasteiger partial charge in [-0.2, -0.15) is 0 Å². The average Bonchev–Trinajstić information content (AvgIpc) is 2.99. The van der Waals surface area contributed by atoms with Gasteiger partial charge in [0.2, 0.25) is 5.91 Å². The number of rotatable bonds is 5. The first-order valence-electron chi connectivity index (χ1n) is 6.58. The molecule has 0 spiro atoms. The number of amides is 1. The van der Waals surface area contributed by atoms with Gasteiger partial charge in [-0.05, 0) is 38.3 Å². The summed E-state index contributed by atoms with van der Waals surface area (Å²) in [5.41, 5.74) is 0. The zero-order valence-corrected chi connectivity index (χ0v) is 10.4. The van der Waals surface area contributed by atoms with E-state index in [1.807, 2.05) is 12.1 Å². The highest BCUT2D eigenvalue weighted by atomic mass is 16.3. The molecule has 0 saturated heterocycles. The summed E-state index contributed by atoms with van der Waals surface area (Å²) in [6, 6.07) is 4.11. The number of hydrogen-bond acceptors (Lipinski definition) is 2. The molecule has 2 rings (SSSR count). The van der Waals surface area contributed by atoms with Crippen molar-refractivity contribution in [2.24, 2.45) is 5.92 Å². The molecule has 1 aromatic rings. The minimum atomic E-state index is 0.230. The van der Waals surface area contributed by atoms with E-state index in [4.69, 9.17) is 4.42 Å². The predicted molar refractivity (Wildman–Crippen MR) is 66.6 cm³/mol. The van der Waals surface area contributed by atoms with Gasteiger partial charge in [-0.3, -0.25) is 4.79 Å². The van der Waals surface area contributed by atoms with E-state index in [1.54, 1.807) is 6.26 Å². The standard InChI is InChI=1S/C14H21NO2/c1-11(8-9-13-7-4-10-17-13)15-14(16)12-5-2-3-6-12/h4,7,10-12H,2-3,5-6,8-9H2,1H3,(H,15,16)/t11-/m0/s1. The molecule has 0 unspecified atom stereocenters. The molecule has 0 radical (unpaired) electrons. The van der Waals surface area contributed by atoms with E-state index in [2.05, 4.69) is 12.2 Å². The lowest BCUT2D eigenvalue weighted by Gasteiger charge is -2.16. The van der Waals surface area contributed by atoms with E-state index >= 15 is 0 Å². The minimum absolute atomic E-state index is 0.230. The third kappa shape index (κ3) is 3.62. The van der Waals surface area contributed by atoms with Gasteiger partial charge in [0.05, 0.1) is 6.26 Å². The molecule has 1 aliphatic carbocycles. The molecule has 3 nitrogen and oxygen atoms in total. The Bertz CT molecular complexity index is 339. The van der Waals surface area contributed by atoms with Gasteiger partial charge >= 0.3 is 0 Å². The summed E-state index contributed by atoms with van der Waals surface area (Å²) in [6.45, 7) is 2.07. The molecule has 1 aliphatic rings. The van der Waals surface area contributed by atoms with Crippen molar-refractivity contribution in [1.82, 2.24) is 5.32 Å². The number of nitrogens with one attached hydrogen (secondary N) is 1. The maximum absolute atomic E-state index is 11.9. The van der Waals surface area contributed by atoms with E-state index in [9.17, 15) is 4.79 Å². The highest BCUT2D eigenvalue weighted by Crippen LogP contribution is 2.24. The van der Waals surface area contributed by atoms with E-state index in [1.165, 1.54) is 12.8 Å². The molecule has 17 heavy (non-hydrogen) atoms. The van der Waals surface area contributed by atoms with Crippen molar-refractivity contribution in [3.63, 3.8) is 0 Å². The SMILES string of the molecule is C[C@@H](CCc1ccco1)NC(=O)C1CCCC1. The van der Waals surface area contributed by atoms with Crippen LogP contribution in [0.25, 0.3) is 0 Å². The number of carbonyl (C=O) groups is 1. The van der Waals surface area contributed by atoms with Crippen LogP contribution in [0.2, 0.25) is 0 Å². The molecular formula is C14H21NO2. The highest BCUT2D eigenvalue weighted by molar-refractivity contribution is 5.79. The molecule has 1 fully saturated rings. The van der Waals surface area contributed by atoms with Crippen LogP contribution in [-0.4, -0.2) is 11.9 Å². The molecule has 0 bridgehead atoms. The molecule has 1 N–H and O–H groups in total. The van der Waals surface area contributed by atoms with E-state index in [0.717, 1.165) is 31.4 Å². The molecular weight excluding hydrogens is 214 g/mol. The lowest BCUT2D eigenvalue weighted by Crippen LogP contribution is -2.36. The molecule has 0 aromatic carbocycles. The molecule has 1 aromatic heterocycles. The summed E-state index contributed by atoms with van der Waals surface area (Å²) in [6.07, 6.45) is 8.06. The maximum atomic E-state index is 11.9. The summed E-state index contributed by atoms with van der Waals surface area (Å²) in [7, 11) is 0. The Hall–Kier alpha value is -1.25. The first-order valence-corrected chi connectivity index (χ1v) is 6.58. The fourth-order valence-corrected chi connectivity index (χ4v) is 2.43. The van der Waals surface area contributed by atoms with Crippen LogP contribution < -0.4 is 5.32 Å². The first kappa shape index (κ1) is 12.2. The van der Waals surface area contributed by atoms with Crippen LogP contribution in [0.4, 0.5) is 0 Å². The van der Waals surface area contributed by atoms with Crippen molar-refractivity contribution in [3.05, 3.63) is 24.2 Å². The Morgan fingerprint density at radius 2 is 2.29 bits per heavy atom.